The van der Waals surface area contributed by atoms with Gasteiger partial charge in [0.05, 0.1) is 18.8 Å². The molecule has 3 aliphatic heterocycles. The van der Waals surface area contributed by atoms with Gasteiger partial charge < -0.3 is 29.9 Å². The van der Waals surface area contributed by atoms with Crippen LogP contribution in [0, 0.1) is 41.4 Å². The van der Waals surface area contributed by atoms with Crippen LogP contribution in [-0.4, -0.2) is 109 Å². The maximum absolute atomic E-state index is 12.9. The van der Waals surface area contributed by atoms with Crippen molar-refractivity contribution in [1.29, 1.82) is 0 Å². The summed E-state index contributed by atoms with van der Waals surface area (Å²) in [6, 6.07) is 0.0145. The fraction of sp³-hybridized carbons (Fsp3) is 0.914. The fourth-order valence-corrected chi connectivity index (χ4v) is 7.06. The molecule has 0 aliphatic carbocycles. The predicted octanol–water partition coefficient (Wildman–Crippen LogP) is 3.97. The molecule has 9 atom stereocenters. The molecule has 3 aliphatic rings. The predicted molar refractivity (Wildman–Crippen MR) is 178 cm³/mol. The molecule has 1 amide bonds. The van der Waals surface area contributed by atoms with E-state index < -0.39 is 24.3 Å². The van der Waals surface area contributed by atoms with Crippen LogP contribution in [0.4, 0.5) is 0 Å². The van der Waals surface area contributed by atoms with E-state index in [4.69, 9.17) is 9.47 Å². The van der Waals surface area contributed by atoms with Crippen LogP contribution < -0.4 is 5.32 Å². The topological polar surface area (TPSA) is 129 Å². The number of ketones is 1. The molecule has 1 unspecified atom stereocenters. The Labute approximate surface area is 274 Å². The molecule has 0 spiro atoms. The van der Waals surface area contributed by atoms with Crippen molar-refractivity contribution >= 4 is 17.7 Å². The average molecular weight is 642 g/mol. The van der Waals surface area contributed by atoms with Crippen LogP contribution >= 0.6 is 0 Å². The van der Waals surface area contributed by atoms with Gasteiger partial charge in [-0.3, -0.25) is 19.3 Å². The van der Waals surface area contributed by atoms with Crippen molar-refractivity contribution in [2.75, 3.05) is 46.4 Å². The van der Waals surface area contributed by atoms with Crippen molar-refractivity contribution < 1.29 is 35.5 Å². The van der Waals surface area contributed by atoms with E-state index in [-0.39, 0.29) is 55.5 Å². The number of aliphatic hydroxyl groups excluding tert-OH is 2. The Balaban J connectivity index is 0.000000817. The zero-order valence-corrected chi connectivity index (χ0v) is 29.7. The molecule has 10 heteroatoms. The number of carbonyl (C=O) groups is 3. The summed E-state index contributed by atoms with van der Waals surface area (Å²) in [5, 5.41) is 23.1. The second kappa shape index (κ2) is 19.3. The Kier molecular flexibility index (Phi) is 17.0. The number of Topliss-reactive ketones (excluding diaryl/α,β-unsaturated/α-hetero) is 1. The molecule has 264 valence electrons. The maximum Gasteiger partial charge on any atom is 0.316 e. The van der Waals surface area contributed by atoms with Gasteiger partial charge in [0.25, 0.3) is 0 Å². The number of carbonyl (C=O) groups excluding carboxylic acids is 3. The Morgan fingerprint density at radius 1 is 1.04 bits per heavy atom. The number of cyclic esters (lactones) is 1. The molecule has 3 saturated heterocycles. The lowest BCUT2D eigenvalue weighted by Crippen LogP contribution is -2.50. The Bertz CT molecular complexity index is 905. The number of nitrogens with zero attached hydrogens (tertiary/aromatic N) is 2. The standard InChI is InChI=1S/C27H49N3O5.C8H16O2.H2/c1-7-23-26(33)20(5)13-22(31)12-19(4)16-29(6)24(17-35-27(23)34)21-8-10-30(11-9-21)25(32)15-28-14-18(2)3;1-5-4-6(2)10-8(9)7(5)3;/h18-24,28,31H,7-17H2,1-6H3;5-9H,4H2,1-3H3;1H/t19-,20-,22-,23?,24+;5-,6+,7+,8+;/m10./s1. The second-order valence-electron chi connectivity index (χ2n) is 14.8. The Morgan fingerprint density at radius 2 is 1.69 bits per heavy atom. The number of piperidine rings is 1. The molecule has 0 aromatic rings. The summed E-state index contributed by atoms with van der Waals surface area (Å²) >= 11 is 0. The van der Waals surface area contributed by atoms with Crippen molar-refractivity contribution in [3.05, 3.63) is 0 Å². The van der Waals surface area contributed by atoms with Crippen LogP contribution in [0.5, 0.6) is 0 Å². The molecule has 45 heavy (non-hydrogen) atoms. The van der Waals surface area contributed by atoms with Gasteiger partial charge in [-0.05, 0) is 82.7 Å². The zero-order chi connectivity index (χ0) is 33.8. The fourth-order valence-electron chi connectivity index (χ4n) is 7.06. The van der Waals surface area contributed by atoms with E-state index in [1.807, 2.05) is 25.7 Å². The third-order valence-electron chi connectivity index (χ3n) is 10.1. The summed E-state index contributed by atoms with van der Waals surface area (Å²) in [6.07, 6.45) is 3.29. The summed E-state index contributed by atoms with van der Waals surface area (Å²) in [7, 11) is 2.06. The van der Waals surface area contributed by atoms with Crippen molar-refractivity contribution in [3.63, 3.8) is 0 Å². The van der Waals surface area contributed by atoms with E-state index >= 15 is 0 Å². The summed E-state index contributed by atoms with van der Waals surface area (Å²) in [4.78, 5) is 42.6. The first-order valence-corrected chi connectivity index (χ1v) is 17.5. The van der Waals surface area contributed by atoms with Crippen LogP contribution in [0.1, 0.15) is 95.3 Å². The van der Waals surface area contributed by atoms with Gasteiger partial charge in [-0.2, -0.15) is 0 Å². The third-order valence-corrected chi connectivity index (χ3v) is 10.1. The average Bonchev–Trinajstić information content (AvgIpc) is 2.96. The van der Waals surface area contributed by atoms with E-state index in [0.717, 1.165) is 32.4 Å². The summed E-state index contributed by atoms with van der Waals surface area (Å²) in [5.74, 6) is 0.310. The van der Waals surface area contributed by atoms with E-state index in [9.17, 15) is 24.6 Å². The number of esters is 1. The molecule has 3 fully saturated rings. The first-order chi connectivity index (χ1) is 21.1. The molecule has 3 N–H and O–H groups in total. The number of aliphatic hydroxyl groups is 2. The van der Waals surface area contributed by atoms with Gasteiger partial charge in [0.1, 0.15) is 18.3 Å². The molecule has 3 heterocycles. The number of ether oxygens (including phenoxy) is 2. The van der Waals surface area contributed by atoms with Gasteiger partial charge in [0.2, 0.25) is 5.91 Å². The van der Waals surface area contributed by atoms with Crippen molar-refractivity contribution in [3.8, 4) is 0 Å². The van der Waals surface area contributed by atoms with Gasteiger partial charge in [-0.25, -0.2) is 0 Å². The van der Waals surface area contributed by atoms with Gasteiger partial charge in [0, 0.05) is 38.9 Å². The van der Waals surface area contributed by atoms with Gasteiger partial charge in [0.15, 0.2) is 6.29 Å². The Hall–Kier alpha value is -1.59. The maximum atomic E-state index is 12.9. The molecule has 0 bridgehead atoms. The van der Waals surface area contributed by atoms with E-state index in [2.05, 4.69) is 45.0 Å². The molecule has 0 aromatic carbocycles. The van der Waals surface area contributed by atoms with E-state index in [1.54, 1.807) is 6.92 Å². The van der Waals surface area contributed by atoms with E-state index in [0.29, 0.717) is 50.7 Å². The number of nitrogens with one attached hydrogen (secondary N) is 1. The third kappa shape index (κ3) is 12.9. The lowest BCUT2D eigenvalue weighted by Gasteiger charge is -2.40. The zero-order valence-electron chi connectivity index (χ0n) is 29.7. The molecule has 3 rings (SSSR count). The van der Waals surface area contributed by atoms with Crippen LogP contribution in [0.2, 0.25) is 0 Å². The molecular formula is C35H67N3O7. The normalized spacial score (nSPS) is 35.0. The minimum absolute atomic E-state index is 0. The SMILES string of the molecule is CCC1C(=O)OC[C@@H](C2CCN(C(=O)CNCC(C)C)CC2)N(C)C[C@H](C)C[C@@H](O)C[C@@H](C)C1=O.C[C@H]1[C@H](O)O[C@H](C)C[C@@H]1C.[HH]. The lowest BCUT2D eigenvalue weighted by molar-refractivity contribution is -0.199. The van der Waals surface area contributed by atoms with Crippen LogP contribution in [0.15, 0.2) is 0 Å². The van der Waals surface area contributed by atoms with Crippen molar-refractivity contribution in [1.82, 2.24) is 15.1 Å². The van der Waals surface area contributed by atoms with Gasteiger partial charge in [-0.1, -0.05) is 48.5 Å². The van der Waals surface area contributed by atoms with Crippen molar-refractivity contribution in [2.24, 2.45) is 41.4 Å². The lowest BCUT2D eigenvalue weighted by atomic mass is 9.86. The highest BCUT2D eigenvalue weighted by molar-refractivity contribution is 6.00. The smallest absolute Gasteiger partial charge is 0.316 e. The van der Waals surface area contributed by atoms with Gasteiger partial charge >= 0.3 is 5.97 Å². The molecule has 0 aromatic heterocycles. The molecular weight excluding hydrogens is 574 g/mol. The molecule has 0 saturated carbocycles. The monoisotopic (exact) mass is 641 g/mol. The minimum atomic E-state index is -0.779. The highest BCUT2D eigenvalue weighted by Gasteiger charge is 2.36. The summed E-state index contributed by atoms with van der Waals surface area (Å²) in [6.45, 7) is 19.8. The number of hydrogen-bond donors (Lipinski definition) is 3. The number of likely N-dealkylation sites (N-methyl/N-ethyl adjacent to an activating group) is 1. The number of amides is 1. The van der Waals surface area contributed by atoms with Crippen LogP contribution in [0.25, 0.3) is 0 Å². The van der Waals surface area contributed by atoms with Crippen molar-refractivity contribution in [2.45, 2.75) is 118 Å². The number of likely N-dealkylation sites (tertiary alicyclic amines) is 1. The minimum Gasteiger partial charge on any atom is -0.463 e. The first-order valence-electron chi connectivity index (χ1n) is 17.5. The van der Waals surface area contributed by atoms with E-state index in [1.165, 1.54) is 0 Å². The van der Waals surface area contributed by atoms with Crippen LogP contribution in [0.3, 0.4) is 0 Å². The largest absolute Gasteiger partial charge is 0.463 e. The number of rotatable bonds is 6. The summed E-state index contributed by atoms with van der Waals surface area (Å²) < 4.78 is 11.0. The summed E-state index contributed by atoms with van der Waals surface area (Å²) in [5.41, 5.74) is 0. The quantitative estimate of drug-likeness (QED) is 0.292. The van der Waals surface area contributed by atoms with Crippen LogP contribution in [-0.2, 0) is 23.9 Å². The first kappa shape index (κ1) is 39.6. The highest BCUT2D eigenvalue weighted by Crippen LogP contribution is 2.29. The van der Waals surface area contributed by atoms with Gasteiger partial charge in [-0.15, -0.1) is 0 Å². The second-order valence-corrected chi connectivity index (χ2v) is 14.8. The molecule has 10 nitrogen and oxygen atoms in total. The number of hydrogen-bond acceptors (Lipinski definition) is 9. The molecule has 0 radical (unpaired) electrons. The Morgan fingerprint density at radius 3 is 2.27 bits per heavy atom. The highest BCUT2D eigenvalue weighted by atomic mass is 16.6.